The van der Waals surface area contributed by atoms with Gasteiger partial charge in [-0.15, -0.1) is 5.10 Å². The number of halogens is 1. The Balaban J connectivity index is 1.58. The van der Waals surface area contributed by atoms with Gasteiger partial charge in [-0.25, -0.2) is 4.39 Å². The van der Waals surface area contributed by atoms with Crippen LogP contribution in [0.25, 0.3) is 0 Å². The third-order valence-corrected chi connectivity index (χ3v) is 4.09. The van der Waals surface area contributed by atoms with Gasteiger partial charge in [0.05, 0.1) is 6.20 Å². The fourth-order valence-electron chi connectivity index (χ4n) is 2.81. The molecule has 1 aliphatic rings. The molecule has 0 radical (unpaired) electrons. The van der Waals surface area contributed by atoms with Gasteiger partial charge in [0.2, 0.25) is 5.95 Å². The van der Waals surface area contributed by atoms with Crippen molar-refractivity contribution in [3.05, 3.63) is 41.8 Å². The van der Waals surface area contributed by atoms with Gasteiger partial charge in [0, 0.05) is 19.6 Å². The molecule has 0 atom stereocenters. The molecule has 23 heavy (non-hydrogen) atoms. The van der Waals surface area contributed by atoms with Gasteiger partial charge >= 0.3 is 0 Å². The summed E-state index contributed by atoms with van der Waals surface area (Å²) in [6.07, 6.45) is 7.11. The summed E-state index contributed by atoms with van der Waals surface area (Å²) >= 11 is 0. The molecule has 1 N–H and O–H groups in total. The number of hydrogen-bond acceptors (Lipinski definition) is 5. The van der Waals surface area contributed by atoms with Gasteiger partial charge in [0.15, 0.2) is 5.82 Å². The van der Waals surface area contributed by atoms with Crippen molar-refractivity contribution in [3.8, 4) is 0 Å². The highest BCUT2D eigenvalue weighted by atomic mass is 19.1. The molecule has 2 heterocycles. The summed E-state index contributed by atoms with van der Waals surface area (Å²) in [6.45, 7) is 2.58. The summed E-state index contributed by atoms with van der Waals surface area (Å²) in [6, 6.07) is 6.84. The van der Waals surface area contributed by atoms with Gasteiger partial charge in [0.1, 0.15) is 5.82 Å². The van der Waals surface area contributed by atoms with E-state index in [9.17, 15) is 4.39 Å². The molecule has 0 spiro atoms. The molecule has 0 saturated carbocycles. The number of aromatic nitrogens is 3. The van der Waals surface area contributed by atoms with Crippen LogP contribution in [0.4, 0.5) is 16.2 Å². The van der Waals surface area contributed by atoms with Gasteiger partial charge in [-0.3, -0.25) is 0 Å². The van der Waals surface area contributed by atoms with E-state index < -0.39 is 0 Å². The lowest BCUT2D eigenvalue weighted by atomic mass is 10.1. The van der Waals surface area contributed by atoms with Gasteiger partial charge in [0.25, 0.3) is 0 Å². The maximum absolute atomic E-state index is 13.6. The molecule has 0 amide bonds. The predicted octanol–water partition coefficient (Wildman–Crippen LogP) is 3.05. The molecule has 1 aliphatic heterocycles. The van der Waals surface area contributed by atoms with Crippen molar-refractivity contribution >= 4 is 11.8 Å². The molecule has 1 fully saturated rings. The lowest BCUT2D eigenvalue weighted by Crippen LogP contribution is -2.26. The Bertz CT molecular complexity index is 626. The molecule has 1 aromatic carbocycles. The first-order valence-electron chi connectivity index (χ1n) is 8.25. The second-order valence-electron chi connectivity index (χ2n) is 5.81. The van der Waals surface area contributed by atoms with Crippen molar-refractivity contribution in [2.24, 2.45) is 0 Å². The fourth-order valence-corrected chi connectivity index (χ4v) is 2.81. The summed E-state index contributed by atoms with van der Waals surface area (Å²) in [5.74, 6) is 1.21. The van der Waals surface area contributed by atoms with E-state index in [1.165, 1.54) is 31.7 Å². The lowest BCUT2D eigenvalue weighted by Gasteiger charge is -2.19. The molecule has 2 aromatic rings. The molecular weight excluding hydrogens is 293 g/mol. The molecule has 5 nitrogen and oxygen atoms in total. The highest BCUT2D eigenvalue weighted by molar-refractivity contribution is 5.39. The summed E-state index contributed by atoms with van der Waals surface area (Å²) in [5, 5.41) is 11.4. The van der Waals surface area contributed by atoms with E-state index >= 15 is 0 Å². The molecular formula is C17H22FN5. The normalized spacial score (nSPS) is 15.3. The van der Waals surface area contributed by atoms with Gasteiger partial charge < -0.3 is 10.2 Å². The minimum atomic E-state index is -0.166. The molecule has 1 aromatic heterocycles. The first-order chi connectivity index (χ1) is 11.3. The molecule has 122 valence electrons. The van der Waals surface area contributed by atoms with Gasteiger partial charge in [-0.1, -0.05) is 31.0 Å². The van der Waals surface area contributed by atoms with E-state index in [0.29, 0.717) is 30.3 Å². The minimum absolute atomic E-state index is 0.166. The van der Waals surface area contributed by atoms with E-state index in [4.69, 9.17) is 0 Å². The summed E-state index contributed by atoms with van der Waals surface area (Å²) in [4.78, 5) is 6.74. The van der Waals surface area contributed by atoms with Crippen molar-refractivity contribution in [2.75, 3.05) is 29.9 Å². The molecule has 0 unspecified atom stereocenters. The van der Waals surface area contributed by atoms with Crippen molar-refractivity contribution in [2.45, 2.75) is 32.1 Å². The second-order valence-corrected chi connectivity index (χ2v) is 5.81. The van der Waals surface area contributed by atoms with Crippen LogP contribution in [0.5, 0.6) is 0 Å². The maximum atomic E-state index is 13.6. The Morgan fingerprint density at radius 2 is 1.87 bits per heavy atom. The number of anilines is 2. The first kappa shape index (κ1) is 15.6. The average Bonchev–Trinajstić information content (AvgIpc) is 2.86. The monoisotopic (exact) mass is 315 g/mol. The third-order valence-electron chi connectivity index (χ3n) is 4.09. The minimum Gasteiger partial charge on any atom is -0.368 e. The molecule has 6 heteroatoms. The summed E-state index contributed by atoms with van der Waals surface area (Å²) < 4.78 is 13.6. The van der Waals surface area contributed by atoms with Crippen molar-refractivity contribution in [1.29, 1.82) is 0 Å². The number of nitrogens with one attached hydrogen (secondary N) is 1. The predicted molar refractivity (Wildman–Crippen MR) is 89.1 cm³/mol. The Hall–Kier alpha value is -2.24. The van der Waals surface area contributed by atoms with Crippen molar-refractivity contribution in [3.63, 3.8) is 0 Å². The Morgan fingerprint density at radius 3 is 2.65 bits per heavy atom. The van der Waals surface area contributed by atoms with Gasteiger partial charge in [-0.05, 0) is 30.9 Å². The largest absolute Gasteiger partial charge is 0.368 e. The average molecular weight is 315 g/mol. The number of nitrogens with zero attached hydrogens (tertiary/aromatic N) is 4. The van der Waals surface area contributed by atoms with E-state index in [0.717, 1.165) is 13.1 Å². The zero-order valence-electron chi connectivity index (χ0n) is 13.2. The maximum Gasteiger partial charge on any atom is 0.247 e. The quantitative estimate of drug-likeness (QED) is 0.919. The van der Waals surface area contributed by atoms with Crippen LogP contribution in [-0.2, 0) is 6.42 Å². The van der Waals surface area contributed by atoms with Crippen LogP contribution in [0.3, 0.4) is 0 Å². The van der Waals surface area contributed by atoms with Crippen LogP contribution in [-0.4, -0.2) is 34.8 Å². The number of rotatable bonds is 5. The van der Waals surface area contributed by atoms with Crippen LogP contribution < -0.4 is 10.2 Å². The van der Waals surface area contributed by atoms with Crippen LogP contribution in [0.15, 0.2) is 30.5 Å². The third kappa shape index (κ3) is 4.37. The standard InChI is InChI=1S/C17H22FN5/c18-15-8-4-3-7-14(15)9-10-19-16-13-20-22-17(21-16)23-11-5-1-2-6-12-23/h3-4,7-8,13H,1-2,5-6,9-12H2,(H,19,21,22). The van der Waals surface area contributed by atoms with Crippen molar-refractivity contribution in [1.82, 2.24) is 15.2 Å². The van der Waals surface area contributed by atoms with E-state index in [-0.39, 0.29) is 5.82 Å². The highest BCUT2D eigenvalue weighted by Crippen LogP contribution is 2.16. The van der Waals surface area contributed by atoms with Crippen molar-refractivity contribution < 1.29 is 4.39 Å². The highest BCUT2D eigenvalue weighted by Gasteiger charge is 2.13. The lowest BCUT2D eigenvalue weighted by molar-refractivity contribution is 0.610. The Kier molecular flexibility index (Phi) is 5.34. The van der Waals surface area contributed by atoms with Crippen LogP contribution >= 0.6 is 0 Å². The zero-order valence-corrected chi connectivity index (χ0v) is 13.2. The summed E-state index contributed by atoms with van der Waals surface area (Å²) in [7, 11) is 0. The number of hydrogen-bond donors (Lipinski definition) is 1. The Labute approximate surface area is 136 Å². The number of benzene rings is 1. The first-order valence-corrected chi connectivity index (χ1v) is 8.25. The smallest absolute Gasteiger partial charge is 0.247 e. The van der Waals surface area contributed by atoms with E-state index in [2.05, 4.69) is 25.4 Å². The second kappa shape index (κ2) is 7.85. The Morgan fingerprint density at radius 1 is 1.09 bits per heavy atom. The van der Waals surface area contributed by atoms with Crippen LogP contribution in [0.2, 0.25) is 0 Å². The molecule has 0 bridgehead atoms. The zero-order chi connectivity index (χ0) is 15.9. The van der Waals surface area contributed by atoms with Crippen LogP contribution in [0.1, 0.15) is 31.2 Å². The molecule has 3 rings (SSSR count). The molecule has 0 aliphatic carbocycles. The van der Waals surface area contributed by atoms with E-state index in [1.54, 1.807) is 18.3 Å². The SMILES string of the molecule is Fc1ccccc1CCNc1cnnc(N2CCCCCC2)n1. The summed E-state index contributed by atoms with van der Waals surface area (Å²) in [5.41, 5.74) is 0.703. The topological polar surface area (TPSA) is 53.9 Å². The molecule has 1 saturated heterocycles. The fraction of sp³-hybridized carbons (Fsp3) is 0.471. The van der Waals surface area contributed by atoms with Gasteiger partial charge in [-0.2, -0.15) is 10.1 Å². The van der Waals surface area contributed by atoms with Crippen LogP contribution in [0, 0.1) is 5.82 Å². The van der Waals surface area contributed by atoms with E-state index in [1.807, 2.05) is 6.07 Å².